The Kier molecular flexibility index (Phi) is 42.8. The zero-order chi connectivity index (χ0) is 82.6. The van der Waals surface area contributed by atoms with E-state index in [1.54, 1.807) is 82.8 Å². The Morgan fingerprint density at radius 1 is 0.673 bits per heavy atom. The summed E-state index contributed by atoms with van der Waals surface area (Å²) in [5, 5.41) is 35.3. The molecule has 0 aromatic heterocycles. The van der Waals surface area contributed by atoms with Crippen LogP contribution in [0.15, 0.2) is 54.6 Å². The number of thioether (sulfide) groups is 1. The Bertz CT molecular complexity index is 3340. The molecule has 30 heteroatoms. The molecule has 10 N–H and O–H groups in total. The van der Waals surface area contributed by atoms with Gasteiger partial charge >= 0.3 is 18.1 Å². The molecule has 1 heterocycles. The van der Waals surface area contributed by atoms with E-state index in [1.165, 1.54) is 26.0 Å². The summed E-state index contributed by atoms with van der Waals surface area (Å²) in [7, 11) is 6.20. The number of likely N-dealkylation sites (tertiary alicyclic amines) is 1. The minimum atomic E-state index is -1.30. The van der Waals surface area contributed by atoms with E-state index in [4.69, 9.17) is 19.9 Å². The van der Waals surface area contributed by atoms with Crippen LogP contribution in [-0.2, 0) is 78.4 Å². The molecular weight excluding hydrogens is 1440 g/mol. The normalized spacial score (nSPS) is 16.4. The van der Waals surface area contributed by atoms with E-state index in [-0.39, 0.29) is 136 Å². The third kappa shape index (κ3) is 31.8. The fourth-order valence-electron chi connectivity index (χ4n) is 13.9. The van der Waals surface area contributed by atoms with Crippen LogP contribution in [0.2, 0.25) is 0 Å². The van der Waals surface area contributed by atoms with Crippen LogP contribution in [0.3, 0.4) is 0 Å². The van der Waals surface area contributed by atoms with Gasteiger partial charge in [0.25, 0.3) is 0 Å². The van der Waals surface area contributed by atoms with Crippen molar-refractivity contribution >= 4 is 100 Å². The lowest BCUT2D eigenvalue weighted by Gasteiger charge is -2.41. The minimum Gasteiger partial charge on any atom is -0.480 e. The highest BCUT2D eigenvalue weighted by Crippen LogP contribution is 2.34. The first-order chi connectivity index (χ1) is 51.9. The van der Waals surface area contributed by atoms with Crippen molar-refractivity contribution in [2.24, 2.45) is 53.1 Å². The summed E-state index contributed by atoms with van der Waals surface area (Å²) in [6.07, 6.45) is -0.0657. The average molecular weight is 1560 g/mol. The molecule has 0 radical (unpaired) electrons. The SMILES string of the molecule is CCC(=O)NC(CSC(CC(=O)NCCCCCC(=O)N[C@@H](C(=O)C[C@@H](CCCNC(N)=O)C(=O)Nc1ccc(COC(=O)N(C)[C@@H](C(=O)C[C@@H](C(=O)N(C)[C@@H]([C@@H](C)CC)[C@@H](CC(=O)N2CCC[C@H]2[C@@H](OC)[C@@H](C)C(=O)C[C@H](C)[C@@H](O)c2ccccc2)OC)C(C)C)C(C)C)cc1)C(C)C)C(=O)O)C(=O)NCC(C)=O. The molecule has 3 rings (SSSR count). The molecule has 110 heavy (non-hydrogen) atoms. The van der Waals surface area contributed by atoms with Gasteiger partial charge in [0.1, 0.15) is 29.5 Å². The van der Waals surface area contributed by atoms with Gasteiger partial charge in [0, 0.05) is 116 Å². The molecule has 10 amide bonds. The maximum absolute atomic E-state index is 14.9. The molecule has 0 bridgehead atoms. The molecule has 0 saturated carbocycles. The number of carbonyl (C=O) groups excluding carboxylic acids is 13. The van der Waals surface area contributed by atoms with Crippen LogP contribution in [0.25, 0.3) is 0 Å². The second-order valence-corrected chi connectivity index (χ2v) is 31.4. The molecule has 1 saturated heterocycles. The first-order valence-electron chi connectivity index (χ1n) is 38.7. The molecule has 2 aromatic carbocycles. The van der Waals surface area contributed by atoms with Crippen LogP contribution in [0.5, 0.6) is 0 Å². The summed E-state index contributed by atoms with van der Waals surface area (Å²) in [4.78, 5) is 190. The number of rotatable bonds is 52. The maximum Gasteiger partial charge on any atom is 0.410 e. The number of carboxylic acids is 1. The number of nitrogens with zero attached hydrogens (tertiary/aromatic N) is 3. The second-order valence-electron chi connectivity index (χ2n) is 30.2. The third-order valence-corrected chi connectivity index (χ3v) is 21.8. The molecule has 2 unspecified atom stereocenters. The summed E-state index contributed by atoms with van der Waals surface area (Å²) in [6, 6.07) is 10.8. The predicted octanol–water partition coefficient (Wildman–Crippen LogP) is 7.72. The van der Waals surface area contributed by atoms with Crippen molar-refractivity contribution in [2.75, 3.05) is 65.6 Å². The Morgan fingerprint density at radius 3 is 1.90 bits per heavy atom. The van der Waals surface area contributed by atoms with Gasteiger partial charge in [-0.05, 0) is 98.3 Å². The highest BCUT2D eigenvalue weighted by molar-refractivity contribution is 8.00. The van der Waals surface area contributed by atoms with Crippen molar-refractivity contribution in [1.29, 1.82) is 0 Å². The van der Waals surface area contributed by atoms with Crippen LogP contribution in [-0.4, -0.2) is 215 Å². The quantitative estimate of drug-likeness (QED) is 0.0286. The van der Waals surface area contributed by atoms with E-state index in [9.17, 15) is 77.3 Å². The number of amides is 10. The number of nitrogens with one attached hydrogen (secondary N) is 6. The number of hydrogen-bond acceptors (Lipinski definition) is 19. The number of primary amides is 1. The molecule has 2 aromatic rings. The number of benzene rings is 2. The Labute approximate surface area is 654 Å². The number of aliphatic hydroxyl groups is 1. The molecule has 29 nitrogen and oxygen atoms in total. The molecule has 1 aliphatic heterocycles. The smallest absolute Gasteiger partial charge is 0.410 e. The van der Waals surface area contributed by atoms with Crippen LogP contribution in [0.4, 0.5) is 15.3 Å². The number of urea groups is 1. The first kappa shape index (κ1) is 95.9. The fourth-order valence-corrected chi connectivity index (χ4v) is 15.0. The summed E-state index contributed by atoms with van der Waals surface area (Å²) >= 11 is 0.797. The highest BCUT2D eigenvalue weighted by atomic mass is 32.2. The average Bonchev–Trinajstić information content (AvgIpc) is 1.41. The monoisotopic (exact) mass is 1560 g/mol. The first-order valence-corrected chi connectivity index (χ1v) is 39.7. The van der Waals surface area contributed by atoms with E-state index >= 15 is 0 Å². The number of aliphatic carboxylic acids is 1. The molecule has 616 valence electrons. The Hall–Kier alpha value is -8.35. The van der Waals surface area contributed by atoms with Gasteiger partial charge in [0.05, 0.1) is 55.4 Å². The zero-order valence-electron chi connectivity index (χ0n) is 67.5. The van der Waals surface area contributed by atoms with E-state index in [0.717, 1.165) is 17.3 Å². The third-order valence-electron chi connectivity index (χ3n) is 20.5. The number of nitrogens with two attached hydrogens (primary N) is 1. The lowest BCUT2D eigenvalue weighted by Crippen LogP contribution is -2.54. The maximum atomic E-state index is 14.9. The lowest BCUT2D eigenvalue weighted by atomic mass is 9.83. The number of unbranched alkanes of at least 4 members (excludes halogenated alkanes) is 2. The lowest BCUT2D eigenvalue weighted by molar-refractivity contribution is -0.149. The zero-order valence-corrected chi connectivity index (χ0v) is 68.3. The van der Waals surface area contributed by atoms with E-state index < -0.39 is 137 Å². The topological polar surface area (TPSA) is 415 Å². The van der Waals surface area contributed by atoms with Crippen molar-refractivity contribution in [1.82, 2.24) is 41.3 Å². The number of Topliss-reactive ketones (excluding diaryl/α,β-unsaturated/α-hetero) is 4. The van der Waals surface area contributed by atoms with Crippen LogP contribution >= 0.6 is 11.8 Å². The number of ether oxygens (including phenoxy) is 3. The fraction of sp³-hybridized carbons (Fsp3) is 0.675. The van der Waals surface area contributed by atoms with Crippen LogP contribution in [0, 0.1) is 47.3 Å². The second kappa shape index (κ2) is 49.1. The molecule has 0 spiro atoms. The molecule has 14 atom stereocenters. The van der Waals surface area contributed by atoms with Crippen molar-refractivity contribution in [2.45, 2.75) is 240 Å². The van der Waals surface area contributed by atoms with Crippen molar-refractivity contribution in [3.8, 4) is 0 Å². The van der Waals surface area contributed by atoms with Gasteiger partial charge in [0.2, 0.25) is 41.4 Å². The molecule has 1 aliphatic rings. The van der Waals surface area contributed by atoms with Crippen molar-refractivity contribution in [3.05, 3.63) is 65.7 Å². The number of hydrogen-bond donors (Lipinski definition) is 9. The summed E-state index contributed by atoms with van der Waals surface area (Å²) in [5.74, 6) is -9.70. The van der Waals surface area contributed by atoms with Gasteiger partial charge < -0.3 is 76.8 Å². The largest absolute Gasteiger partial charge is 0.480 e. The van der Waals surface area contributed by atoms with Crippen molar-refractivity contribution in [3.63, 3.8) is 0 Å². The number of methoxy groups -OCH3 is 2. The number of ketones is 4. The van der Waals surface area contributed by atoms with E-state index in [2.05, 4.69) is 31.9 Å². The van der Waals surface area contributed by atoms with Gasteiger partial charge in [-0.1, -0.05) is 131 Å². The number of carboxylic acid groups (broad SMARTS) is 1. The Morgan fingerprint density at radius 2 is 1.33 bits per heavy atom. The van der Waals surface area contributed by atoms with Crippen molar-refractivity contribution < 1.29 is 91.5 Å². The predicted molar refractivity (Wildman–Crippen MR) is 419 cm³/mol. The number of aliphatic hydroxyl groups excluding tert-OH is 1. The van der Waals surface area contributed by atoms with E-state index in [0.29, 0.717) is 56.3 Å². The summed E-state index contributed by atoms with van der Waals surface area (Å²) in [5.41, 5.74) is 6.89. The van der Waals surface area contributed by atoms with E-state index in [1.807, 2.05) is 71.9 Å². The molecule has 0 aliphatic carbocycles. The molecule has 1 fully saturated rings. The van der Waals surface area contributed by atoms with Gasteiger partial charge in [0.15, 0.2) is 11.6 Å². The summed E-state index contributed by atoms with van der Waals surface area (Å²) in [6.45, 7) is 21.5. The standard InChI is InChI=1S/C80H126N10O19S/c1-17-50(9)72(64(107-15)42-69(98)90-38-26-30-60(90)74(108-16)53(12)61(92)39-51(10)73(99)55-27-21-19-22-28-55)88(13)77(102)58(47(3)4)41-63(94)71(49(7)8)89(14)80(106)109-45-54-32-34-57(35-33-54)85-75(100)56(29-25-37-83-79(81)105)40-62(93)70(48(5)6)87-67(96)31-23-20-24-36-82-68(97)43-65(78(103)104)110-46-59(86-66(95)18-2)76(101)84-44-52(11)91/h19,21-22,27-28,32-35,47-51,53,56,58-60,64-65,70-74,99H,17-18,20,23-26,29-31,36-46H2,1-16H3,(H,82,97)(H,84,101)(H,85,100)(H,86,95)(H,87,96)(H,103,104)(H3,81,83,105)/t50-,51-,53-,56+,58+,59?,60-,64+,65?,70+,71+,72-,73+,74-/m0/s1. The van der Waals surface area contributed by atoms with Crippen LogP contribution < -0.4 is 37.6 Å². The van der Waals surface area contributed by atoms with Gasteiger partial charge in [-0.3, -0.25) is 57.5 Å². The van der Waals surface area contributed by atoms with Gasteiger partial charge in [-0.2, -0.15) is 0 Å². The Balaban J connectivity index is 1.63. The number of likely N-dealkylation sites (N-methyl/N-ethyl adjacent to an activating group) is 2. The number of carbonyl (C=O) groups is 14. The van der Waals surface area contributed by atoms with Gasteiger partial charge in [-0.15, -0.1) is 11.8 Å². The van der Waals surface area contributed by atoms with Crippen LogP contribution in [0.1, 0.15) is 197 Å². The van der Waals surface area contributed by atoms with Gasteiger partial charge in [-0.25, -0.2) is 9.59 Å². The summed E-state index contributed by atoms with van der Waals surface area (Å²) < 4.78 is 17.9. The molecular formula is C80H126N10O19S. The number of anilines is 1. The highest BCUT2D eigenvalue weighted by Gasteiger charge is 2.44. The minimum absolute atomic E-state index is 0.0350.